The van der Waals surface area contributed by atoms with Gasteiger partial charge in [0, 0.05) is 19.3 Å². The van der Waals surface area contributed by atoms with E-state index in [0.717, 1.165) is 83.5 Å². The third kappa shape index (κ3) is 49.7. The van der Waals surface area contributed by atoms with E-state index in [2.05, 4.69) is 57.2 Å². The number of esters is 3. The van der Waals surface area contributed by atoms with Crippen molar-refractivity contribution in [3.05, 3.63) is 72.9 Å². The molecule has 0 saturated carbocycles. The highest BCUT2D eigenvalue weighted by Gasteiger charge is 2.19. The van der Waals surface area contributed by atoms with E-state index in [0.29, 0.717) is 19.3 Å². The fourth-order valence-corrected chi connectivity index (χ4v) is 7.33. The molecule has 0 spiro atoms. The highest BCUT2D eigenvalue weighted by atomic mass is 16.6. The average molecular weight is 879 g/mol. The molecule has 0 rings (SSSR count). The summed E-state index contributed by atoms with van der Waals surface area (Å²) in [7, 11) is 0. The van der Waals surface area contributed by atoms with Crippen LogP contribution >= 0.6 is 0 Å². The van der Waals surface area contributed by atoms with E-state index in [1.54, 1.807) is 0 Å². The third-order valence-electron chi connectivity index (χ3n) is 11.3. The summed E-state index contributed by atoms with van der Waals surface area (Å²) in [6.45, 7) is 6.44. The zero-order chi connectivity index (χ0) is 45.8. The predicted molar refractivity (Wildman–Crippen MR) is 270 cm³/mol. The number of hydrogen-bond acceptors (Lipinski definition) is 6. The van der Waals surface area contributed by atoms with Crippen LogP contribution in [0.15, 0.2) is 72.9 Å². The van der Waals surface area contributed by atoms with Gasteiger partial charge in [-0.1, -0.05) is 241 Å². The van der Waals surface area contributed by atoms with E-state index in [4.69, 9.17) is 14.2 Å². The van der Waals surface area contributed by atoms with Crippen molar-refractivity contribution in [1.29, 1.82) is 0 Å². The smallest absolute Gasteiger partial charge is 0.306 e. The quantitative estimate of drug-likeness (QED) is 0.0262. The first-order valence-electron chi connectivity index (χ1n) is 26.5. The van der Waals surface area contributed by atoms with Gasteiger partial charge in [0.05, 0.1) is 0 Å². The highest BCUT2D eigenvalue weighted by molar-refractivity contribution is 5.71. The van der Waals surface area contributed by atoms with Gasteiger partial charge in [-0.15, -0.1) is 0 Å². The third-order valence-corrected chi connectivity index (χ3v) is 11.3. The van der Waals surface area contributed by atoms with E-state index in [9.17, 15) is 14.4 Å². The zero-order valence-electron chi connectivity index (χ0n) is 41.3. The van der Waals surface area contributed by atoms with Gasteiger partial charge in [-0.25, -0.2) is 0 Å². The summed E-state index contributed by atoms with van der Waals surface area (Å²) in [5.74, 6) is -0.939. The van der Waals surface area contributed by atoms with Crippen molar-refractivity contribution >= 4 is 17.9 Å². The first kappa shape index (κ1) is 59.9. The van der Waals surface area contributed by atoms with Crippen LogP contribution in [0.5, 0.6) is 0 Å². The summed E-state index contributed by atoms with van der Waals surface area (Å²) in [6, 6.07) is 0. The molecule has 0 bridgehead atoms. The van der Waals surface area contributed by atoms with Gasteiger partial charge in [0.25, 0.3) is 0 Å². The van der Waals surface area contributed by atoms with Gasteiger partial charge in [-0.05, 0) is 64.2 Å². The van der Waals surface area contributed by atoms with Crippen molar-refractivity contribution in [2.45, 2.75) is 258 Å². The number of carbonyl (C=O) groups is 3. The van der Waals surface area contributed by atoms with Crippen LogP contribution in [0.4, 0.5) is 0 Å². The number of ether oxygens (including phenoxy) is 3. The predicted octanol–water partition coefficient (Wildman–Crippen LogP) is 17.4. The number of carbonyl (C=O) groups excluding carboxylic acids is 3. The molecule has 0 radical (unpaired) electrons. The zero-order valence-corrected chi connectivity index (χ0v) is 41.3. The Hall–Kier alpha value is -3.15. The molecule has 0 aliphatic rings. The minimum Gasteiger partial charge on any atom is -0.462 e. The maximum Gasteiger partial charge on any atom is 0.306 e. The number of hydrogen-bond donors (Lipinski definition) is 0. The van der Waals surface area contributed by atoms with Gasteiger partial charge in [0.1, 0.15) is 13.2 Å². The van der Waals surface area contributed by atoms with Gasteiger partial charge < -0.3 is 14.2 Å². The van der Waals surface area contributed by atoms with Crippen LogP contribution in [-0.4, -0.2) is 37.2 Å². The molecule has 0 aliphatic heterocycles. The van der Waals surface area contributed by atoms with Crippen LogP contribution in [-0.2, 0) is 28.6 Å². The summed E-state index contributed by atoms with van der Waals surface area (Å²) in [4.78, 5) is 38.0. The van der Waals surface area contributed by atoms with E-state index in [1.165, 1.54) is 128 Å². The first-order valence-corrected chi connectivity index (χ1v) is 26.5. The van der Waals surface area contributed by atoms with E-state index < -0.39 is 6.10 Å². The van der Waals surface area contributed by atoms with Crippen LogP contribution in [0.3, 0.4) is 0 Å². The molecule has 1 atom stereocenters. The van der Waals surface area contributed by atoms with E-state index in [1.807, 2.05) is 36.5 Å². The Morgan fingerprint density at radius 1 is 0.333 bits per heavy atom. The molecule has 63 heavy (non-hydrogen) atoms. The van der Waals surface area contributed by atoms with Crippen LogP contribution in [0.25, 0.3) is 0 Å². The molecule has 6 nitrogen and oxygen atoms in total. The molecule has 362 valence electrons. The number of allylic oxidation sites excluding steroid dienone is 12. The highest BCUT2D eigenvalue weighted by Crippen LogP contribution is 2.16. The lowest BCUT2D eigenvalue weighted by atomic mass is 10.0. The molecule has 0 amide bonds. The van der Waals surface area contributed by atoms with Crippen LogP contribution in [0.2, 0.25) is 0 Å². The monoisotopic (exact) mass is 879 g/mol. The molecule has 0 aromatic heterocycles. The summed E-state index contributed by atoms with van der Waals surface area (Å²) in [5.41, 5.74) is 0. The molecule has 0 aromatic carbocycles. The second-order valence-electron chi connectivity index (χ2n) is 17.5. The molecular weight excluding hydrogens is 781 g/mol. The Kier molecular flexibility index (Phi) is 48.9. The fraction of sp³-hybridized carbons (Fsp3) is 0.737. The van der Waals surface area contributed by atoms with Gasteiger partial charge >= 0.3 is 17.9 Å². The standard InChI is InChI=1S/C57H98O6/c1-4-7-10-13-16-19-22-25-27-28-30-32-35-38-41-44-47-50-56(59)62-53-54(52-61-55(58)49-46-43-40-37-34-31-24-21-18-15-12-9-6-3)63-57(60)51-48-45-42-39-36-33-29-26-23-20-17-14-11-8-5-2/h9,12,15,17-18,20-21,23-24,26,31,34,54H,4-8,10-11,13-14,16,19,22,25,27-30,32-33,35-53H2,1-3H3/b12-9+,18-15+,20-17+,24-21+,26-23+,34-31+. The van der Waals surface area contributed by atoms with Crippen molar-refractivity contribution in [3.63, 3.8) is 0 Å². The minimum atomic E-state index is -0.795. The molecule has 0 saturated heterocycles. The van der Waals surface area contributed by atoms with Gasteiger partial charge in [-0.3, -0.25) is 14.4 Å². The molecule has 0 aromatic rings. The topological polar surface area (TPSA) is 78.9 Å². The Labute approximate surface area is 389 Å². The fourth-order valence-electron chi connectivity index (χ4n) is 7.33. The Bertz CT molecular complexity index is 1190. The Morgan fingerprint density at radius 2 is 0.619 bits per heavy atom. The molecular formula is C57H98O6. The number of rotatable bonds is 47. The minimum absolute atomic E-state index is 0.0913. The summed E-state index contributed by atoms with van der Waals surface area (Å²) >= 11 is 0. The Morgan fingerprint density at radius 3 is 1.03 bits per heavy atom. The van der Waals surface area contributed by atoms with E-state index >= 15 is 0 Å². The second kappa shape index (κ2) is 51.5. The van der Waals surface area contributed by atoms with Crippen LogP contribution in [0, 0.1) is 0 Å². The van der Waals surface area contributed by atoms with Crippen molar-refractivity contribution in [1.82, 2.24) is 0 Å². The molecule has 0 aliphatic carbocycles. The maximum atomic E-state index is 12.8. The number of unbranched alkanes of at least 4 members (excludes halogenated alkanes) is 28. The normalized spacial score (nSPS) is 12.6. The molecule has 6 heteroatoms. The SMILES string of the molecule is CC/C=C/C=C/C=C/C=C/CCCCCC(=O)OCC(COC(=O)CCCCCCCCCCCCCCCCCCC)OC(=O)CCCCCCCC/C=C/C=C/CCCCC. The van der Waals surface area contributed by atoms with Crippen LogP contribution < -0.4 is 0 Å². The van der Waals surface area contributed by atoms with Gasteiger partial charge in [0.2, 0.25) is 0 Å². The van der Waals surface area contributed by atoms with Crippen molar-refractivity contribution in [2.75, 3.05) is 13.2 Å². The molecule has 1 unspecified atom stereocenters. The van der Waals surface area contributed by atoms with Crippen molar-refractivity contribution < 1.29 is 28.6 Å². The maximum absolute atomic E-state index is 12.8. The van der Waals surface area contributed by atoms with Crippen molar-refractivity contribution in [3.8, 4) is 0 Å². The second-order valence-corrected chi connectivity index (χ2v) is 17.5. The summed E-state index contributed by atoms with van der Waals surface area (Å²) in [6.07, 6.45) is 64.6. The lowest BCUT2D eigenvalue weighted by Crippen LogP contribution is -2.30. The average Bonchev–Trinajstić information content (AvgIpc) is 3.28. The lowest BCUT2D eigenvalue weighted by molar-refractivity contribution is -0.167. The summed E-state index contributed by atoms with van der Waals surface area (Å²) < 4.78 is 16.8. The van der Waals surface area contributed by atoms with Crippen molar-refractivity contribution in [2.24, 2.45) is 0 Å². The Balaban J connectivity index is 4.42. The first-order chi connectivity index (χ1) is 31.0. The molecule has 0 heterocycles. The lowest BCUT2D eigenvalue weighted by Gasteiger charge is -2.18. The largest absolute Gasteiger partial charge is 0.462 e. The van der Waals surface area contributed by atoms with Crippen LogP contribution in [0.1, 0.15) is 252 Å². The van der Waals surface area contributed by atoms with Gasteiger partial charge in [-0.2, -0.15) is 0 Å². The summed E-state index contributed by atoms with van der Waals surface area (Å²) in [5, 5.41) is 0. The van der Waals surface area contributed by atoms with E-state index in [-0.39, 0.29) is 31.1 Å². The molecule has 0 fully saturated rings. The van der Waals surface area contributed by atoms with Gasteiger partial charge in [0.15, 0.2) is 6.10 Å². The molecule has 0 N–H and O–H groups in total.